The van der Waals surface area contributed by atoms with E-state index in [1.54, 1.807) is 24.4 Å². The average Bonchev–Trinajstić information content (AvgIpc) is 2.97. The lowest BCUT2D eigenvalue weighted by Crippen LogP contribution is -2.18. The van der Waals surface area contributed by atoms with Crippen LogP contribution >= 0.6 is 0 Å². The largest absolute Gasteiger partial charge is 0.382 e. The zero-order valence-electron chi connectivity index (χ0n) is 23.7. The minimum absolute atomic E-state index is 0.126. The van der Waals surface area contributed by atoms with Gasteiger partial charge in [-0.2, -0.15) is 5.26 Å². The maximum absolute atomic E-state index is 13.3. The van der Waals surface area contributed by atoms with Crippen LogP contribution in [0.4, 0.5) is 16.0 Å². The van der Waals surface area contributed by atoms with Crippen LogP contribution in [0, 0.1) is 17.1 Å². The van der Waals surface area contributed by atoms with Gasteiger partial charge < -0.3 is 21.3 Å². The van der Waals surface area contributed by atoms with Crippen LogP contribution in [-0.4, -0.2) is 40.5 Å². The van der Waals surface area contributed by atoms with Gasteiger partial charge in [0.1, 0.15) is 23.5 Å². The molecule has 2 aromatic carbocycles. The number of hydrogen-bond donors (Lipinski definition) is 3. The van der Waals surface area contributed by atoms with Gasteiger partial charge in [0.25, 0.3) is 0 Å². The Bertz CT molecular complexity index is 1530. The van der Waals surface area contributed by atoms with Crippen LogP contribution in [0.2, 0.25) is 0 Å². The Morgan fingerprint density at radius 2 is 1.83 bits per heavy atom. The Morgan fingerprint density at radius 1 is 1.10 bits per heavy atom. The SMILES string of the molecule is C=C(N[C@@H](C)c1ccc(F)cc1)c1cc(C#N)cnc1NCc1ccc(-c2cnc(N)c(CCCN(C)C)n2)cc1. The number of nitrogens with two attached hydrogens (primary N) is 1. The molecule has 0 bridgehead atoms. The molecule has 210 valence electrons. The highest BCUT2D eigenvalue weighted by molar-refractivity contribution is 5.73. The number of anilines is 2. The summed E-state index contributed by atoms with van der Waals surface area (Å²) in [7, 11) is 4.09. The molecular formula is C32H35FN8. The van der Waals surface area contributed by atoms with Crippen molar-refractivity contribution in [2.45, 2.75) is 32.4 Å². The number of halogens is 1. The van der Waals surface area contributed by atoms with Gasteiger partial charge in [0.05, 0.1) is 23.1 Å². The van der Waals surface area contributed by atoms with Crippen LogP contribution in [0.25, 0.3) is 17.0 Å². The third-order valence-electron chi connectivity index (χ3n) is 6.71. The summed E-state index contributed by atoms with van der Waals surface area (Å²) < 4.78 is 13.3. The molecular weight excluding hydrogens is 515 g/mol. The van der Waals surface area contributed by atoms with Crippen LogP contribution in [0.3, 0.4) is 0 Å². The van der Waals surface area contributed by atoms with E-state index in [-0.39, 0.29) is 11.9 Å². The smallest absolute Gasteiger partial charge is 0.145 e. The standard InChI is InChI=1S/C32H35FN8/c1-21(25-11-13-27(33)14-12-25)39-22(2)28-16-24(17-34)19-38-32(28)37-18-23-7-9-26(10-8-23)30-20-36-31(35)29(40-30)6-5-15-41(3)4/h7-14,16,19-21,39H,2,5-6,15,18H2,1,3-4H3,(H2,35,36)(H,37,38)/t21-/m0/s1. The molecule has 9 heteroatoms. The lowest BCUT2D eigenvalue weighted by atomic mass is 10.1. The van der Waals surface area contributed by atoms with Crippen molar-refractivity contribution >= 4 is 17.3 Å². The van der Waals surface area contributed by atoms with Gasteiger partial charge in [-0.3, -0.25) is 0 Å². The molecule has 2 heterocycles. The van der Waals surface area contributed by atoms with E-state index in [1.807, 2.05) is 45.3 Å². The van der Waals surface area contributed by atoms with E-state index in [0.717, 1.165) is 47.5 Å². The van der Waals surface area contributed by atoms with E-state index in [9.17, 15) is 9.65 Å². The van der Waals surface area contributed by atoms with Crippen molar-refractivity contribution in [2.24, 2.45) is 0 Å². The monoisotopic (exact) mass is 550 g/mol. The second-order valence-corrected chi connectivity index (χ2v) is 10.2. The van der Waals surface area contributed by atoms with Crippen molar-refractivity contribution in [3.63, 3.8) is 0 Å². The van der Waals surface area contributed by atoms with Gasteiger partial charge in [-0.05, 0) is 69.7 Å². The first-order chi connectivity index (χ1) is 19.7. The first-order valence-electron chi connectivity index (χ1n) is 13.4. The number of nitrogens with zero attached hydrogens (tertiary/aromatic N) is 5. The third-order valence-corrected chi connectivity index (χ3v) is 6.71. The minimum atomic E-state index is -0.285. The predicted molar refractivity (Wildman–Crippen MR) is 162 cm³/mol. The predicted octanol–water partition coefficient (Wildman–Crippen LogP) is 5.56. The van der Waals surface area contributed by atoms with Gasteiger partial charge in [-0.25, -0.2) is 19.3 Å². The van der Waals surface area contributed by atoms with E-state index in [4.69, 9.17) is 10.7 Å². The molecule has 41 heavy (non-hydrogen) atoms. The maximum atomic E-state index is 13.3. The molecule has 0 aliphatic carbocycles. The average molecular weight is 551 g/mol. The van der Waals surface area contributed by atoms with E-state index in [1.165, 1.54) is 18.3 Å². The molecule has 8 nitrogen and oxygen atoms in total. The van der Waals surface area contributed by atoms with Crippen LogP contribution in [-0.2, 0) is 13.0 Å². The van der Waals surface area contributed by atoms with Crippen LogP contribution in [0.5, 0.6) is 0 Å². The molecule has 0 aliphatic heterocycles. The Morgan fingerprint density at radius 3 is 2.51 bits per heavy atom. The molecule has 2 aromatic heterocycles. The van der Waals surface area contributed by atoms with Gasteiger partial charge in [0, 0.05) is 35.6 Å². The number of pyridine rings is 1. The number of nitrogens with one attached hydrogen (secondary N) is 2. The fourth-order valence-electron chi connectivity index (χ4n) is 4.37. The highest BCUT2D eigenvalue weighted by Crippen LogP contribution is 2.25. The number of nitriles is 1. The minimum Gasteiger partial charge on any atom is -0.382 e. The Hall–Kier alpha value is -4.81. The fraction of sp³-hybridized carbons (Fsp3) is 0.250. The highest BCUT2D eigenvalue weighted by Gasteiger charge is 2.14. The van der Waals surface area contributed by atoms with Crippen molar-refractivity contribution in [2.75, 3.05) is 31.7 Å². The van der Waals surface area contributed by atoms with E-state index in [2.05, 4.69) is 38.1 Å². The van der Waals surface area contributed by atoms with E-state index in [0.29, 0.717) is 35.0 Å². The van der Waals surface area contributed by atoms with Crippen molar-refractivity contribution in [1.29, 1.82) is 5.26 Å². The lowest BCUT2D eigenvalue weighted by molar-refractivity contribution is 0.399. The molecule has 0 fully saturated rings. The number of rotatable bonds is 12. The molecule has 0 spiro atoms. The van der Waals surface area contributed by atoms with Gasteiger partial charge in [0.2, 0.25) is 0 Å². The summed E-state index contributed by atoms with van der Waals surface area (Å²) in [5.74, 6) is 0.790. The van der Waals surface area contributed by atoms with Gasteiger partial charge in [0.15, 0.2) is 0 Å². The molecule has 4 N–H and O–H groups in total. The molecule has 4 aromatic rings. The summed E-state index contributed by atoms with van der Waals surface area (Å²) in [5, 5.41) is 16.1. The van der Waals surface area contributed by atoms with Crippen molar-refractivity contribution in [3.05, 3.63) is 107 Å². The topological polar surface area (TPSA) is 116 Å². The third kappa shape index (κ3) is 7.87. The van der Waals surface area contributed by atoms with Crippen LogP contribution in [0.1, 0.15) is 47.3 Å². The summed E-state index contributed by atoms with van der Waals surface area (Å²) in [5.41, 5.74) is 12.3. The van der Waals surface area contributed by atoms with Crippen LogP contribution < -0.4 is 16.4 Å². The fourth-order valence-corrected chi connectivity index (χ4v) is 4.37. The lowest BCUT2D eigenvalue weighted by Gasteiger charge is -2.20. The molecule has 1 atom stereocenters. The molecule has 0 saturated heterocycles. The molecule has 4 rings (SSSR count). The Labute approximate surface area is 240 Å². The summed E-state index contributed by atoms with van der Waals surface area (Å²) in [6, 6.07) is 18.2. The summed E-state index contributed by atoms with van der Waals surface area (Å²) in [6.07, 6.45) is 4.96. The summed E-state index contributed by atoms with van der Waals surface area (Å²) >= 11 is 0. The summed E-state index contributed by atoms with van der Waals surface area (Å²) in [4.78, 5) is 15.7. The quantitative estimate of drug-likeness (QED) is 0.210. The number of nitrogen functional groups attached to an aromatic ring is 1. The number of aryl methyl sites for hydroxylation is 1. The van der Waals surface area contributed by atoms with E-state index < -0.39 is 0 Å². The van der Waals surface area contributed by atoms with Gasteiger partial charge >= 0.3 is 0 Å². The zero-order valence-corrected chi connectivity index (χ0v) is 23.7. The second-order valence-electron chi connectivity index (χ2n) is 10.2. The van der Waals surface area contributed by atoms with E-state index >= 15 is 0 Å². The first kappa shape index (κ1) is 29.2. The van der Waals surface area contributed by atoms with Crippen LogP contribution in [0.15, 0.2) is 73.6 Å². The Balaban J connectivity index is 1.44. The zero-order chi connectivity index (χ0) is 29.4. The molecule has 0 aliphatic rings. The molecule has 0 saturated carbocycles. The number of benzene rings is 2. The first-order valence-corrected chi connectivity index (χ1v) is 13.4. The van der Waals surface area contributed by atoms with Crippen molar-refractivity contribution < 1.29 is 4.39 Å². The van der Waals surface area contributed by atoms with Crippen molar-refractivity contribution in [1.82, 2.24) is 25.2 Å². The maximum Gasteiger partial charge on any atom is 0.145 e. The molecule has 0 amide bonds. The molecule has 0 unspecified atom stereocenters. The van der Waals surface area contributed by atoms with Gasteiger partial charge in [-0.1, -0.05) is 43.0 Å². The number of hydrogen-bond acceptors (Lipinski definition) is 8. The highest BCUT2D eigenvalue weighted by atomic mass is 19.1. The van der Waals surface area contributed by atoms with Gasteiger partial charge in [-0.15, -0.1) is 0 Å². The van der Waals surface area contributed by atoms with Crippen molar-refractivity contribution in [3.8, 4) is 17.3 Å². The number of aromatic nitrogens is 3. The normalized spacial score (nSPS) is 11.6. The molecule has 0 radical (unpaired) electrons. The summed E-state index contributed by atoms with van der Waals surface area (Å²) in [6.45, 7) is 7.62. The second kappa shape index (κ2) is 13.5. The Kier molecular flexibility index (Phi) is 9.61.